The van der Waals surface area contributed by atoms with Crippen LogP contribution >= 0.6 is 0 Å². The Morgan fingerprint density at radius 3 is 2.48 bits per heavy atom. The second-order valence-corrected chi connectivity index (χ2v) is 6.85. The van der Waals surface area contributed by atoms with Crippen molar-refractivity contribution in [3.63, 3.8) is 0 Å². The molecule has 1 heterocycles. The van der Waals surface area contributed by atoms with Crippen molar-refractivity contribution in [2.75, 3.05) is 19.5 Å². The summed E-state index contributed by atoms with van der Waals surface area (Å²) in [4.78, 5) is 26.5. The molecular weight excluding hydrogens is 368 g/mol. The molecule has 0 fully saturated rings. The molecule has 7 heteroatoms. The number of likely N-dealkylation sites (N-methyl/N-ethyl adjacent to an activating group) is 1. The van der Waals surface area contributed by atoms with E-state index in [0.717, 1.165) is 22.5 Å². The molecule has 29 heavy (non-hydrogen) atoms. The van der Waals surface area contributed by atoms with Crippen LogP contribution in [0.2, 0.25) is 0 Å². The summed E-state index contributed by atoms with van der Waals surface area (Å²) in [6, 6.07) is 16.9. The average molecular weight is 392 g/mol. The lowest BCUT2D eigenvalue weighted by atomic mass is 10.2. The average Bonchev–Trinajstić information content (AvgIpc) is 3.08. The van der Waals surface area contributed by atoms with Crippen molar-refractivity contribution in [2.45, 2.75) is 20.4 Å². The first-order chi connectivity index (χ1) is 13.9. The second kappa shape index (κ2) is 8.60. The standard InChI is InChI=1S/C22H24N4O3/c1-15-9-11-18(12-10-15)26-20(13-16(2)24-26)23-21(27)22(28)25(3)14-17-7-5-6-8-19(17)29-4/h5-13H,14H2,1-4H3,(H,23,27). The van der Waals surface area contributed by atoms with Gasteiger partial charge in [-0.15, -0.1) is 0 Å². The van der Waals surface area contributed by atoms with Crippen LogP contribution in [-0.4, -0.2) is 40.7 Å². The minimum absolute atomic E-state index is 0.256. The maximum Gasteiger partial charge on any atom is 0.315 e. The van der Waals surface area contributed by atoms with Gasteiger partial charge in [0, 0.05) is 25.2 Å². The maximum atomic E-state index is 12.6. The summed E-state index contributed by atoms with van der Waals surface area (Å²) >= 11 is 0. The molecule has 0 aliphatic carbocycles. The first kappa shape index (κ1) is 20.1. The zero-order chi connectivity index (χ0) is 21.0. The lowest BCUT2D eigenvalue weighted by Gasteiger charge is -2.18. The van der Waals surface area contributed by atoms with Crippen LogP contribution < -0.4 is 10.1 Å². The van der Waals surface area contributed by atoms with Crippen molar-refractivity contribution in [2.24, 2.45) is 0 Å². The van der Waals surface area contributed by atoms with Crippen molar-refractivity contribution in [3.8, 4) is 11.4 Å². The number of aryl methyl sites for hydroxylation is 2. The Kier molecular flexibility index (Phi) is 5.97. The molecular formula is C22H24N4O3. The fourth-order valence-electron chi connectivity index (χ4n) is 2.98. The van der Waals surface area contributed by atoms with Crippen molar-refractivity contribution >= 4 is 17.6 Å². The molecule has 1 N–H and O–H groups in total. The number of hydrogen-bond donors (Lipinski definition) is 1. The highest BCUT2D eigenvalue weighted by molar-refractivity contribution is 6.39. The topological polar surface area (TPSA) is 76.5 Å². The van der Waals surface area contributed by atoms with Gasteiger partial charge in [0.1, 0.15) is 11.6 Å². The molecule has 0 saturated carbocycles. The summed E-state index contributed by atoms with van der Waals surface area (Å²) in [7, 11) is 3.15. The molecule has 0 bridgehead atoms. The van der Waals surface area contributed by atoms with E-state index >= 15 is 0 Å². The number of amides is 2. The third-order valence-corrected chi connectivity index (χ3v) is 4.49. The molecule has 0 saturated heterocycles. The number of rotatable bonds is 5. The van der Waals surface area contributed by atoms with Crippen LogP contribution in [0.5, 0.6) is 5.75 Å². The second-order valence-electron chi connectivity index (χ2n) is 6.85. The molecule has 0 unspecified atom stereocenters. The van der Waals surface area contributed by atoms with E-state index in [-0.39, 0.29) is 6.54 Å². The van der Waals surface area contributed by atoms with Crippen molar-refractivity contribution in [1.29, 1.82) is 0 Å². The van der Waals surface area contributed by atoms with Gasteiger partial charge in [-0.2, -0.15) is 5.10 Å². The SMILES string of the molecule is COc1ccccc1CN(C)C(=O)C(=O)Nc1cc(C)nn1-c1ccc(C)cc1. The monoisotopic (exact) mass is 392 g/mol. The molecule has 0 aliphatic rings. The molecule has 0 aliphatic heterocycles. The van der Waals surface area contributed by atoms with Gasteiger partial charge in [0.2, 0.25) is 0 Å². The van der Waals surface area contributed by atoms with Crippen LogP contribution in [0.15, 0.2) is 54.6 Å². The Bertz CT molecular complexity index is 1020. The number of carbonyl (C=O) groups is 2. The van der Waals surface area contributed by atoms with Gasteiger partial charge < -0.3 is 15.0 Å². The molecule has 2 amide bonds. The minimum atomic E-state index is -0.726. The lowest BCUT2D eigenvalue weighted by molar-refractivity contribution is -0.142. The molecule has 0 atom stereocenters. The Hall–Kier alpha value is -3.61. The van der Waals surface area contributed by atoms with E-state index in [1.807, 2.05) is 62.4 Å². The number of anilines is 1. The Morgan fingerprint density at radius 1 is 1.10 bits per heavy atom. The van der Waals surface area contributed by atoms with Gasteiger partial charge in [-0.3, -0.25) is 9.59 Å². The van der Waals surface area contributed by atoms with Gasteiger partial charge in [-0.25, -0.2) is 4.68 Å². The van der Waals surface area contributed by atoms with E-state index in [1.165, 1.54) is 4.90 Å². The highest BCUT2D eigenvalue weighted by Crippen LogP contribution is 2.20. The Balaban J connectivity index is 1.74. The minimum Gasteiger partial charge on any atom is -0.496 e. The lowest BCUT2D eigenvalue weighted by Crippen LogP contribution is -2.37. The number of nitrogens with one attached hydrogen (secondary N) is 1. The van der Waals surface area contributed by atoms with Crippen LogP contribution in [0.1, 0.15) is 16.8 Å². The highest BCUT2D eigenvalue weighted by Gasteiger charge is 2.22. The summed E-state index contributed by atoms with van der Waals surface area (Å²) in [6.45, 7) is 4.08. The van der Waals surface area contributed by atoms with Gasteiger partial charge in [0.15, 0.2) is 0 Å². The molecule has 3 aromatic rings. The van der Waals surface area contributed by atoms with E-state index in [9.17, 15) is 9.59 Å². The number of methoxy groups -OCH3 is 1. The van der Waals surface area contributed by atoms with Gasteiger partial charge in [-0.05, 0) is 32.0 Å². The highest BCUT2D eigenvalue weighted by atomic mass is 16.5. The zero-order valence-corrected chi connectivity index (χ0v) is 17.0. The molecule has 0 radical (unpaired) electrons. The largest absolute Gasteiger partial charge is 0.496 e. The number of hydrogen-bond acceptors (Lipinski definition) is 4. The van der Waals surface area contributed by atoms with E-state index < -0.39 is 11.8 Å². The summed E-state index contributed by atoms with van der Waals surface area (Å²) in [6.07, 6.45) is 0. The van der Waals surface area contributed by atoms with Gasteiger partial charge in [0.25, 0.3) is 0 Å². The number of nitrogens with zero attached hydrogens (tertiary/aromatic N) is 3. The van der Waals surface area contributed by atoms with Crippen molar-refractivity contribution in [1.82, 2.24) is 14.7 Å². The maximum absolute atomic E-state index is 12.6. The molecule has 0 spiro atoms. The summed E-state index contributed by atoms with van der Waals surface area (Å²) in [5, 5.41) is 7.10. The van der Waals surface area contributed by atoms with E-state index in [4.69, 9.17) is 4.74 Å². The van der Waals surface area contributed by atoms with Crippen molar-refractivity contribution in [3.05, 3.63) is 71.4 Å². The number of benzene rings is 2. The number of carbonyl (C=O) groups excluding carboxylic acids is 2. The first-order valence-electron chi connectivity index (χ1n) is 9.21. The normalized spacial score (nSPS) is 10.5. The van der Waals surface area contributed by atoms with Crippen LogP contribution in [0, 0.1) is 13.8 Å². The summed E-state index contributed by atoms with van der Waals surface area (Å²) in [5.41, 5.74) is 3.47. The predicted molar refractivity (Wildman–Crippen MR) is 111 cm³/mol. The van der Waals surface area contributed by atoms with E-state index in [2.05, 4.69) is 10.4 Å². The predicted octanol–water partition coefficient (Wildman–Crippen LogP) is 3.09. The molecule has 3 rings (SSSR count). The third kappa shape index (κ3) is 4.63. The van der Waals surface area contributed by atoms with Gasteiger partial charge in [0.05, 0.1) is 18.5 Å². The van der Waals surface area contributed by atoms with E-state index in [1.54, 1.807) is 24.9 Å². The Labute approximate surface area is 169 Å². The molecule has 2 aromatic carbocycles. The van der Waals surface area contributed by atoms with Crippen LogP contribution in [0.4, 0.5) is 5.82 Å². The fourth-order valence-corrected chi connectivity index (χ4v) is 2.98. The van der Waals surface area contributed by atoms with Gasteiger partial charge in [-0.1, -0.05) is 35.9 Å². The van der Waals surface area contributed by atoms with Crippen LogP contribution in [-0.2, 0) is 16.1 Å². The quantitative estimate of drug-likeness (QED) is 0.677. The van der Waals surface area contributed by atoms with Crippen LogP contribution in [0.25, 0.3) is 5.69 Å². The number of ether oxygens (including phenoxy) is 1. The smallest absolute Gasteiger partial charge is 0.315 e. The number of aromatic nitrogens is 2. The molecule has 7 nitrogen and oxygen atoms in total. The zero-order valence-electron chi connectivity index (χ0n) is 17.0. The fraction of sp³-hybridized carbons (Fsp3) is 0.227. The third-order valence-electron chi connectivity index (χ3n) is 4.49. The molecule has 150 valence electrons. The van der Waals surface area contributed by atoms with Crippen LogP contribution in [0.3, 0.4) is 0 Å². The summed E-state index contributed by atoms with van der Waals surface area (Å²) < 4.78 is 6.92. The Morgan fingerprint density at radius 2 is 1.79 bits per heavy atom. The van der Waals surface area contributed by atoms with Gasteiger partial charge >= 0.3 is 11.8 Å². The number of para-hydroxylation sites is 1. The summed E-state index contributed by atoms with van der Waals surface area (Å²) in [5.74, 6) is -0.267. The molecule has 1 aromatic heterocycles. The van der Waals surface area contributed by atoms with E-state index in [0.29, 0.717) is 11.6 Å². The van der Waals surface area contributed by atoms with Crippen molar-refractivity contribution < 1.29 is 14.3 Å². The first-order valence-corrected chi connectivity index (χ1v) is 9.21.